The Bertz CT molecular complexity index is 1330. The maximum Gasteiger partial charge on any atom is 0.396 e. The van der Waals surface area contributed by atoms with Crippen molar-refractivity contribution in [2.75, 3.05) is 24.4 Å². The summed E-state index contributed by atoms with van der Waals surface area (Å²) in [6, 6.07) is 6.24. The predicted octanol–water partition coefficient (Wildman–Crippen LogP) is 8.73. The Hall–Kier alpha value is -3.95. The predicted molar refractivity (Wildman–Crippen MR) is 156 cm³/mol. The van der Waals surface area contributed by atoms with Crippen LogP contribution in [-0.2, 0) is 4.79 Å². The van der Waals surface area contributed by atoms with Crippen molar-refractivity contribution in [3.05, 3.63) is 83.2 Å². The third-order valence-electron chi connectivity index (χ3n) is 7.00. The normalized spacial score (nSPS) is 14.7. The van der Waals surface area contributed by atoms with Gasteiger partial charge in [0.1, 0.15) is 6.29 Å². The lowest BCUT2D eigenvalue weighted by Crippen LogP contribution is -2.44. The fraction of sp³-hybridized carbons (Fsp3) is 0.355. The molecule has 2 unspecified atom stereocenters. The molecule has 222 valence electrons. The lowest BCUT2D eigenvalue weighted by atomic mass is 9.74. The van der Waals surface area contributed by atoms with Crippen LogP contribution in [0.5, 0.6) is 5.75 Å². The third kappa shape index (κ3) is 7.42. The molecule has 0 saturated heterocycles. The molecule has 0 aliphatic rings. The first-order valence-corrected chi connectivity index (χ1v) is 13.0. The maximum absolute atomic E-state index is 15.2. The first-order chi connectivity index (χ1) is 19.3. The number of nitrogens with zero attached hydrogens (tertiary/aromatic N) is 2. The van der Waals surface area contributed by atoms with E-state index >= 15 is 4.39 Å². The minimum Gasteiger partial charge on any atom is -0.493 e. The zero-order chi connectivity index (χ0) is 31.0. The fourth-order valence-corrected chi connectivity index (χ4v) is 4.72. The number of aryl methyl sites for hydroxylation is 1. The second-order valence-corrected chi connectivity index (χ2v) is 9.70. The number of benzene rings is 2. The van der Waals surface area contributed by atoms with Gasteiger partial charge in [0.05, 0.1) is 36.2 Å². The van der Waals surface area contributed by atoms with Crippen molar-refractivity contribution in [3.63, 3.8) is 0 Å². The summed E-state index contributed by atoms with van der Waals surface area (Å²) in [5.74, 6) is -1.94. The monoisotopic (exact) mass is 577 g/mol. The van der Waals surface area contributed by atoms with Gasteiger partial charge in [-0.1, -0.05) is 37.6 Å². The first kappa shape index (κ1) is 33.3. The summed E-state index contributed by atoms with van der Waals surface area (Å²) in [7, 11) is 2.87. The van der Waals surface area contributed by atoms with Gasteiger partial charge < -0.3 is 15.0 Å². The summed E-state index contributed by atoms with van der Waals surface area (Å²) in [6.07, 6.45) is 1.36. The molecular formula is C31H36F5N3O2. The van der Waals surface area contributed by atoms with E-state index in [0.29, 0.717) is 23.2 Å². The Labute approximate surface area is 238 Å². The Balaban J connectivity index is 2.89. The van der Waals surface area contributed by atoms with E-state index in [1.807, 2.05) is 0 Å². The van der Waals surface area contributed by atoms with Crippen LogP contribution >= 0.6 is 0 Å². The van der Waals surface area contributed by atoms with Gasteiger partial charge in [-0.2, -0.15) is 17.6 Å². The third-order valence-corrected chi connectivity index (χ3v) is 7.00. The average molecular weight is 578 g/mol. The van der Waals surface area contributed by atoms with Gasteiger partial charge in [0.25, 0.3) is 0 Å². The van der Waals surface area contributed by atoms with E-state index in [1.54, 1.807) is 50.1 Å². The highest BCUT2D eigenvalue weighted by Crippen LogP contribution is 2.54. The van der Waals surface area contributed by atoms with Crippen LogP contribution in [-0.4, -0.2) is 32.8 Å². The van der Waals surface area contributed by atoms with Crippen LogP contribution in [0.25, 0.3) is 6.08 Å². The van der Waals surface area contributed by atoms with Crippen molar-refractivity contribution in [3.8, 4) is 5.75 Å². The molecule has 0 aliphatic heterocycles. The molecule has 10 heteroatoms. The van der Waals surface area contributed by atoms with Crippen LogP contribution < -0.4 is 15.0 Å². The van der Waals surface area contributed by atoms with E-state index in [1.165, 1.54) is 44.5 Å². The number of ether oxygens (including phenoxy) is 1. The quantitative estimate of drug-likeness (QED) is 0.0851. The van der Waals surface area contributed by atoms with Crippen LogP contribution in [0.15, 0.2) is 65.7 Å². The number of aliphatic imine (C=N–C) groups is 1. The first-order valence-electron chi connectivity index (χ1n) is 13.0. The highest BCUT2D eigenvalue weighted by molar-refractivity contribution is 5.90. The Morgan fingerprint density at radius 2 is 1.93 bits per heavy atom. The highest BCUT2D eigenvalue weighted by Gasteiger charge is 2.56. The zero-order valence-corrected chi connectivity index (χ0v) is 24.1. The summed E-state index contributed by atoms with van der Waals surface area (Å²) in [6.45, 7) is 9.06. The number of rotatable bonds is 13. The molecular weight excluding hydrogens is 541 g/mol. The second-order valence-electron chi connectivity index (χ2n) is 9.70. The van der Waals surface area contributed by atoms with Crippen LogP contribution in [0.3, 0.4) is 0 Å². The number of nitrogens with one attached hydrogen (secondary N) is 1. The molecule has 41 heavy (non-hydrogen) atoms. The molecule has 0 saturated carbocycles. The summed E-state index contributed by atoms with van der Waals surface area (Å²) < 4.78 is 78.3. The van der Waals surface area contributed by atoms with E-state index in [0.717, 1.165) is 6.92 Å². The smallest absolute Gasteiger partial charge is 0.396 e. The zero-order valence-electron chi connectivity index (χ0n) is 24.1. The average Bonchev–Trinajstić information content (AvgIpc) is 2.91. The van der Waals surface area contributed by atoms with Crippen molar-refractivity contribution in [1.29, 1.82) is 0 Å². The van der Waals surface area contributed by atoms with E-state index in [9.17, 15) is 22.4 Å². The van der Waals surface area contributed by atoms with Gasteiger partial charge in [-0.15, -0.1) is 0 Å². The number of allylic oxidation sites excluding steroid dienone is 3. The summed E-state index contributed by atoms with van der Waals surface area (Å²) >= 11 is 0. The molecule has 0 heterocycles. The van der Waals surface area contributed by atoms with Crippen molar-refractivity contribution in [2.45, 2.75) is 52.8 Å². The number of aldehydes is 1. The topological polar surface area (TPSA) is 53.9 Å². The maximum atomic E-state index is 15.2. The van der Waals surface area contributed by atoms with Crippen molar-refractivity contribution >= 4 is 30.0 Å². The van der Waals surface area contributed by atoms with Gasteiger partial charge in [0, 0.05) is 23.9 Å². The van der Waals surface area contributed by atoms with Crippen molar-refractivity contribution < 1.29 is 31.5 Å². The molecule has 2 aromatic carbocycles. The van der Waals surface area contributed by atoms with E-state index in [4.69, 9.17) is 4.74 Å². The number of carbonyl (C=O) groups is 1. The standard InChI is InChI=1S/C31H36F5N3O2/c1-8-17-30(5,31(34,35)36)29(24-16-15-20(3)27(33)28(24)41-7)38-25-13-10-14-26(23(25)12-11-18-40)39(6)22(9-2)19-37-21(4)32/h9-16,18-19,29,38H,4,8,17H2,1-3,5-7H3/b12-11-,22-9+,37-19-. The number of hydrogen-bond donors (Lipinski definition) is 1. The van der Waals surface area contributed by atoms with Crippen LogP contribution in [0.4, 0.5) is 33.3 Å². The Morgan fingerprint density at radius 3 is 2.46 bits per heavy atom. The van der Waals surface area contributed by atoms with Gasteiger partial charge in [-0.3, -0.25) is 4.79 Å². The van der Waals surface area contributed by atoms with Gasteiger partial charge in [0.15, 0.2) is 11.6 Å². The molecule has 0 aromatic heterocycles. The molecule has 2 aromatic rings. The van der Waals surface area contributed by atoms with Gasteiger partial charge >= 0.3 is 6.18 Å². The lowest BCUT2D eigenvalue weighted by Gasteiger charge is -2.41. The van der Waals surface area contributed by atoms with Crippen LogP contribution in [0.1, 0.15) is 56.3 Å². The molecule has 0 fully saturated rings. The summed E-state index contributed by atoms with van der Waals surface area (Å²) in [5.41, 5.74) is -0.596. The van der Waals surface area contributed by atoms with Gasteiger partial charge in [-0.25, -0.2) is 9.38 Å². The van der Waals surface area contributed by atoms with E-state index < -0.39 is 29.4 Å². The molecule has 5 nitrogen and oxygen atoms in total. The molecule has 0 bridgehead atoms. The molecule has 2 rings (SSSR count). The Kier molecular flexibility index (Phi) is 11.4. The minimum absolute atomic E-state index is 0.00400. The molecule has 1 N–H and O–H groups in total. The highest BCUT2D eigenvalue weighted by atomic mass is 19.4. The number of hydrogen-bond acceptors (Lipinski definition) is 5. The number of carbonyl (C=O) groups excluding carboxylic acids is 1. The van der Waals surface area contributed by atoms with Crippen molar-refractivity contribution in [1.82, 2.24) is 0 Å². The van der Waals surface area contributed by atoms with Gasteiger partial charge in [-0.05, 0) is 63.6 Å². The number of alkyl halides is 3. The largest absolute Gasteiger partial charge is 0.493 e. The lowest BCUT2D eigenvalue weighted by molar-refractivity contribution is -0.226. The van der Waals surface area contributed by atoms with E-state index in [2.05, 4.69) is 16.9 Å². The van der Waals surface area contributed by atoms with Crippen LogP contribution in [0, 0.1) is 18.2 Å². The molecule has 0 amide bonds. The number of methoxy groups -OCH3 is 1. The summed E-state index contributed by atoms with van der Waals surface area (Å²) in [4.78, 5) is 16.5. The summed E-state index contributed by atoms with van der Waals surface area (Å²) in [5, 5.41) is 3.04. The molecule has 0 spiro atoms. The van der Waals surface area contributed by atoms with Crippen LogP contribution in [0.2, 0.25) is 0 Å². The number of halogens is 5. The molecule has 2 atom stereocenters. The fourth-order valence-electron chi connectivity index (χ4n) is 4.72. The molecule has 0 aliphatic carbocycles. The van der Waals surface area contributed by atoms with E-state index in [-0.39, 0.29) is 35.4 Å². The number of anilines is 2. The minimum atomic E-state index is -4.69. The van der Waals surface area contributed by atoms with Gasteiger partial charge in [0.2, 0.25) is 5.95 Å². The SMILES string of the molecule is C=C(F)/N=C\C(=C/C)N(C)c1cccc(NC(c2ccc(C)c(F)c2OC)C(C)(CCC)C(F)(F)F)c1/C=C\C=O. The molecule has 0 radical (unpaired) electrons. The Morgan fingerprint density at radius 1 is 1.24 bits per heavy atom. The van der Waals surface area contributed by atoms with Crippen molar-refractivity contribution in [2.24, 2.45) is 10.4 Å². The second kappa shape index (κ2) is 14.1.